The van der Waals surface area contributed by atoms with Crippen molar-refractivity contribution in [1.82, 2.24) is 4.90 Å². The summed E-state index contributed by atoms with van der Waals surface area (Å²) in [5.74, 6) is 0.456. The fraction of sp³-hybridized carbons (Fsp3) is 0.273. The Hall–Kier alpha value is -1.83. The van der Waals surface area contributed by atoms with Crippen molar-refractivity contribution in [3.8, 4) is 0 Å². The smallest absolute Gasteiger partial charge is 0.0409 e. The highest BCUT2D eigenvalue weighted by Gasteiger charge is 2.26. The lowest BCUT2D eigenvalue weighted by Gasteiger charge is -2.33. The second-order valence-electron chi connectivity index (χ2n) is 6.12. The maximum atomic E-state index is 6.16. The van der Waals surface area contributed by atoms with E-state index in [4.69, 9.17) is 11.6 Å². The molecule has 0 saturated heterocycles. The summed E-state index contributed by atoms with van der Waals surface area (Å²) in [5.41, 5.74) is 5.72. The number of halogens is 1. The lowest BCUT2D eigenvalue weighted by molar-refractivity contribution is 0.295. The molecular formula is C22H26ClN. The topological polar surface area (TPSA) is 3.24 Å². The number of likely N-dealkylation sites (N-methyl/N-ethyl adjacent to an activating group) is 1. The van der Waals surface area contributed by atoms with Crippen LogP contribution in [0.4, 0.5) is 0 Å². The second-order valence-corrected chi connectivity index (χ2v) is 6.55. The molecule has 2 aromatic carbocycles. The predicted octanol–water partition coefficient (Wildman–Crippen LogP) is 5.84. The third-order valence-electron chi connectivity index (χ3n) is 4.39. The van der Waals surface area contributed by atoms with E-state index >= 15 is 0 Å². The van der Waals surface area contributed by atoms with Crippen molar-refractivity contribution in [2.24, 2.45) is 0 Å². The van der Waals surface area contributed by atoms with Crippen molar-refractivity contribution < 1.29 is 0 Å². The molecular weight excluding hydrogens is 314 g/mol. The second kappa shape index (κ2) is 8.86. The lowest BCUT2D eigenvalue weighted by Crippen LogP contribution is -2.31. The highest BCUT2D eigenvalue weighted by molar-refractivity contribution is 6.30. The summed E-state index contributed by atoms with van der Waals surface area (Å²) in [5, 5.41) is 0.835. The Labute approximate surface area is 151 Å². The average Bonchev–Trinajstić information content (AvgIpc) is 2.60. The number of nitrogens with zero attached hydrogens (tertiary/aromatic N) is 1. The molecule has 1 aliphatic heterocycles. The first kappa shape index (κ1) is 18.5. The first-order chi connectivity index (χ1) is 11.6. The van der Waals surface area contributed by atoms with E-state index in [1.807, 2.05) is 6.07 Å². The van der Waals surface area contributed by atoms with Crippen LogP contribution in [-0.2, 0) is 13.0 Å². The quantitative estimate of drug-likeness (QED) is 0.635. The van der Waals surface area contributed by atoms with Gasteiger partial charge in [0.25, 0.3) is 0 Å². The Morgan fingerprint density at radius 1 is 1.12 bits per heavy atom. The summed E-state index contributed by atoms with van der Waals surface area (Å²) in [4.78, 5) is 2.38. The minimum absolute atomic E-state index is 0.456. The fourth-order valence-corrected chi connectivity index (χ4v) is 3.47. The van der Waals surface area contributed by atoms with Crippen LogP contribution in [0, 0.1) is 0 Å². The molecule has 0 aliphatic carbocycles. The van der Waals surface area contributed by atoms with Crippen LogP contribution in [0.1, 0.15) is 35.1 Å². The van der Waals surface area contributed by atoms with Gasteiger partial charge in [-0.25, -0.2) is 0 Å². The zero-order valence-electron chi connectivity index (χ0n) is 14.6. The molecule has 0 saturated carbocycles. The third kappa shape index (κ3) is 4.37. The summed E-state index contributed by atoms with van der Waals surface area (Å²) >= 11 is 6.16. The third-order valence-corrected chi connectivity index (χ3v) is 4.63. The van der Waals surface area contributed by atoms with Gasteiger partial charge in [0.05, 0.1) is 0 Å². The van der Waals surface area contributed by atoms with Crippen LogP contribution in [0.25, 0.3) is 0 Å². The fourth-order valence-electron chi connectivity index (χ4n) is 3.28. The normalized spacial score (nSPS) is 16.5. The van der Waals surface area contributed by atoms with E-state index in [0.717, 1.165) is 24.5 Å². The van der Waals surface area contributed by atoms with E-state index in [1.54, 1.807) is 12.2 Å². The van der Waals surface area contributed by atoms with Gasteiger partial charge in [0.2, 0.25) is 0 Å². The molecule has 0 spiro atoms. The maximum Gasteiger partial charge on any atom is 0.0409 e. The van der Waals surface area contributed by atoms with E-state index in [0.29, 0.717) is 5.92 Å². The van der Waals surface area contributed by atoms with Crippen LogP contribution in [0.15, 0.2) is 67.8 Å². The largest absolute Gasteiger partial charge is 0.301 e. The monoisotopic (exact) mass is 339 g/mol. The number of benzene rings is 2. The minimum atomic E-state index is 0.456. The number of rotatable bonds is 3. The Bertz CT molecular complexity index is 699. The summed E-state index contributed by atoms with van der Waals surface area (Å²) in [6.45, 7) is 11.0. The van der Waals surface area contributed by atoms with Crippen LogP contribution in [0.3, 0.4) is 0 Å². The maximum absolute atomic E-state index is 6.16. The average molecular weight is 340 g/mol. The Morgan fingerprint density at radius 3 is 2.50 bits per heavy atom. The molecule has 24 heavy (non-hydrogen) atoms. The van der Waals surface area contributed by atoms with E-state index in [1.165, 1.54) is 22.3 Å². The van der Waals surface area contributed by atoms with Crippen molar-refractivity contribution in [3.63, 3.8) is 0 Å². The molecule has 0 fully saturated rings. The van der Waals surface area contributed by atoms with Crippen LogP contribution < -0.4 is 0 Å². The summed E-state index contributed by atoms with van der Waals surface area (Å²) in [7, 11) is 2.19. The van der Waals surface area contributed by atoms with Gasteiger partial charge in [0.1, 0.15) is 0 Å². The number of fused-ring (bicyclic) bond motifs is 1. The summed E-state index contributed by atoms with van der Waals surface area (Å²) < 4.78 is 0. The van der Waals surface area contributed by atoms with Gasteiger partial charge in [-0.15, -0.1) is 0 Å². The van der Waals surface area contributed by atoms with E-state index in [9.17, 15) is 0 Å². The van der Waals surface area contributed by atoms with Gasteiger partial charge in [-0.2, -0.15) is 0 Å². The Morgan fingerprint density at radius 2 is 1.83 bits per heavy atom. The summed E-state index contributed by atoms with van der Waals surface area (Å²) in [6.07, 6.45) is 4.36. The molecule has 126 valence electrons. The molecule has 1 nitrogen and oxygen atoms in total. The molecule has 1 aliphatic rings. The molecule has 0 N–H and O–H groups in total. The first-order valence-corrected chi connectivity index (χ1v) is 8.76. The molecule has 0 unspecified atom stereocenters. The lowest BCUT2D eigenvalue weighted by atomic mass is 9.82. The highest BCUT2D eigenvalue weighted by atomic mass is 35.5. The SMILES string of the molecule is C=CC=C.CCc1ccccc1[C@@H]1CN(C)Cc2cc(Cl)ccc21. The van der Waals surface area contributed by atoms with Gasteiger partial charge in [0, 0.05) is 24.0 Å². The van der Waals surface area contributed by atoms with Gasteiger partial charge in [-0.3, -0.25) is 0 Å². The molecule has 1 atom stereocenters. The van der Waals surface area contributed by atoms with Gasteiger partial charge < -0.3 is 4.90 Å². The predicted molar refractivity (Wildman–Crippen MR) is 106 cm³/mol. The van der Waals surface area contributed by atoms with Gasteiger partial charge in [0.15, 0.2) is 0 Å². The first-order valence-electron chi connectivity index (χ1n) is 8.38. The highest BCUT2D eigenvalue weighted by Crippen LogP contribution is 2.35. The van der Waals surface area contributed by atoms with E-state index in [-0.39, 0.29) is 0 Å². The van der Waals surface area contributed by atoms with Crippen molar-refractivity contribution >= 4 is 11.6 Å². The molecule has 2 aromatic rings. The van der Waals surface area contributed by atoms with Gasteiger partial charge in [-0.1, -0.05) is 74.2 Å². The Kier molecular flexibility index (Phi) is 6.84. The zero-order chi connectivity index (χ0) is 17.5. The van der Waals surface area contributed by atoms with Crippen LogP contribution >= 0.6 is 11.6 Å². The summed E-state index contributed by atoms with van der Waals surface area (Å²) in [6, 6.07) is 15.2. The van der Waals surface area contributed by atoms with Crippen LogP contribution in [0.2, 0.25) is 5.02 Å². The number of hydrogen-bond acceptors (Lipinski definition) is 1. The molecule has 1 heterocycles. The number of allylic oxidation sites excluding steroid dienone is 2. The van der Waals surface area contributed by atoms with Gasteiger partial charge >= 0.3 is 0 Å². The van der Waals surface area contributed by atoms with Crippen LogP contribution in [0.5, 0.6) is 0 Å². The number of hydrogen-bond donors (Lipinski definition) is 0. The van der Waals surface area contributed by atoms with Crippen molar-refractivity contribution in [2.75, 3.05) is 13.6 Å². The molecule has 0 radical (unpaired) electrons. The molecule has 3 rings (SSSR count). The molecule has 0 amide bonds. The number of aryl methyl sites for hydroxylation is 1. The van der Waals surface area contributed by atoms with Crippen molar-refractivity contribution in [3.05, 3.63) is 95.1 Å². The van der Waals surface area contributed by atoms with Crippen LogP contribution in [-0.4, -0.2) is 18.5 Å². The van der Waals surface area contributed by atoms with E-state index < -0.39 is 0 Å². The van der Waals surface area contributed by atoms with Crippen molar-refractivity contribution in [1.29, 1.82) is 0 Å². The molecule has 2 heteroatoms. The van der Waals surface area contributed by atoms with Gasteiger partial charge in [-0.05, 0) is 47.9 Å². The minimum Gasteiger partial charge on any atom is -0.301 e. The Balaban J connectivity index is 0.000000471. The standard InChI is InChI=1S/C18H20ClN.C4H6/c1-3-13-6-4-5-7-16(13)18-12-20(2)11-14-10-15(19)8-9-17(14)18;1-3-4-2/h4-10,18H,3,11-12H2,1-2H3;3-4H,1-2H2/t18-;/m0./s1. The zero-order valence-corrected chi connectivity index (χ0v) is 15.4. The molecule has 0 aromatic heterocycles. The van der Waals surface area contributed by atoms with Crippen molar-refractivity contribution in [2.45, 2.75) is 25.8 Å². The van der Waals surface area contributed by atoms with E-state index in [2.05, 4.69) is 68.4 Å². The molecule has 0 bridgehead atoms.